The van der Waals surface area contributed by atoms with Crippen LogP contribution in [0.4, 0.5) is 5.69 Å². The Morgan fingerprint density at radius 1 is 1.14 bits per heavy atom. The molecule has 1 atom stereocenters. The van der Waals surface area contributed by atoms with Crippen LogP contribution in [0.15, 0.2) is 83.9 Å². The molecular weight excluding hydrogens is 449 g/mol. The van der Waals surface area contributed by atoms with Gasteiger partial charge in [0.1, 0.15) is 0 Å². The van der Waals surface area contributed by atoms with Crippen molar-refractivity contribution in [2.24, 2.45) is 11.7 Å². The number of methoxy groups -OCH3 is 1. The summed E-state index contributed by atoms with van der Waals surface area (Å²) in [6, 6.07) is 18.4. The number of hydrogen-bond acceptors (Lipinski definition) is 5. The standard InChI is InChI=1S/C29H33BN3OS/c1-19(2)29(5,24-12-10-21(11-13-24)23-15-26(34-6)17-32-16-23)28(30)33-25-9-7-8-22(14-25)27(31)18-35-20(3)4/h7-19,33H,3,31H2,1-2,4-6H3/b27-18-. The van der Waals surface area contributed by atoms with Crippen molar-refractivity contribution in [1.82, 2.24) is 4.98 Å². The summed E-state index contributed by atoms with van der Waals surface area (Å²) in [4.78, 5) is 5.26. The summed E-state index contributed by atoms with van der Waals surface area (Å²) in [7, 11) is 8.39. The first-order valence-electron chi connectivity index (χ1n) is 11.5. The van der Waals surface area contributed by atoms with Crippen LogP contribution in [-0.2, 0) is 5.41 Å². The fourth-order valence-corrected chi connectivity index (χ4v) is 4.26. The van der Waals surface area contributed by atoms with Crippen molar-refractivity contribution in [3.63, 3.8) is 0 Å². The third kappa shape index (κ3) is 6.26. The molecule has 0 aliphatic rings. The predicted molar refractivity (Wildman–Crippen MR) is 154 cm³/mol. The molecule has 2 aromatic carbocycles. The number of nitrogens with one attached hydrogen (secondary N) is 1. The Bertz CT molecular complexity index is 1240. The van der Waals surface area contributed by atoms with Crippen molar-refractivity contribution in [2.75, 3.05) is 12.4 Å². The Hall–Kier alpha value is -3.25. The van der Waals surface area contributed by atoms with Gasteiger partial charge in [-0.3, -0.25) is 0 Å². The quantitative estimate of drug-likeness (QED) is 0.319. The van der Waals surface area contributed by atoms with Crippen molar-refractivity contribution < 1.29 is 4.74 Å². The summed E-state index contributed by atoms with van der Waals surface area (Å²) >= 11 is 1.52. The molecule has 1 unspecified atom stereocenters. The zero-order valence-corrected chi connectivity index (χ0v) is 21.9. The molecule has 1 radical (unpaired) electrons. The molecule has 0 amide bonds. The summed E-state index contributed by atoms with van der Waals surface area (Å²) in [6.07, 6.45) is 3.54. The summed E-state index contributed by atoms with van der Waals surface area (Å²) < 4.78 is 5.31. The van der Waals surface area contributed by atoms with E-state index in [0.717, 1.165) is 38.6 Å². The predicted octanol–water partition coefficient (Wildman–Crippen LogP) is 6.61. The van der Waals surface area contributed by atoms with E-state index in [4.69, 9.17) is 18.0 Å². The van der Waals surface area contributed by atoms with E-state index >= 15 is 0 Å². The second kappa shape index (κ2) is 11.5. The Balaban J connectivity index is 1.86. The van der Waals surface area contributed by atoms with Crippen LogP contribution in [0.3, 0.4) is 0 Å². The molecule has 0 aliphatic carbocycles. The van der Waals surface area contributed by atoms with Crippen LogP contribution in [0.25, 0.3) is 16.8 Å². The molecule has 4 nitrogen and oxygen atoms in total. The zero-order valence-electron chi connectivity index (χ0n) is 21.1. The van der Waals surface area contributed by atoms with Gasteiger partial charge in [-0.15, -0.1) is 0 Å². The van der Waals surface area contributed by atoms with Gasteiger partial charge < -0.3 is 0 Å². The van der Waals surface area contributed by atoms with E-state index in [-0.39, 0.29) is 5.92 Å². The van der Waals surface area contributed by atoms with Crippen LogP contribution in [0.5, 0.6) is 5.75 Å². The molecule has 0 spiro atoms. The van der Waals surface area contributed by atoms with E-state index in [0.29, 0.717) is 11.3 Å². The van der Waals surface area contributed by atoms with E-state index in [1.165, 1.54) is 11.8 Å². The first-order chi connectivity index (χ1) is 16.6. The zero-order chi connectivity index (χ0) is 25.6. The molecule has 3 rings (SSSR count). The molecule has 0 saturated heterocycles. The number of pyridine rings is 1. The molecule has 0 bridgehead atoms. The molecule has 179 valence electrons. The van der Waals surface area contributed by atoms with E-state index in [1.807, 2.05) is 48.9 Å². The number of nitrogens with two attached hydrogens (primary N) is 1. The average Bonchev–Trinajstić information content (AvgIpc) is 2.86. The number of benzene rings is 2. The van der Waals surface area contributed by atoms with Crippen LogP contribution in [0, 0.1) is 5.92 Å². The molecule has 35 heavy (non-hydrogen) atoms. The number of rotatable bonds is 10. The molecule has 6 heteroatoms. The fraction of sp³-hybridized carbons (Fsp3) is 0.241. The van der Waals surface area contributed by atoms with Crippen LogP contribution in [0.1, 0.15) is 38.8 Å². The summed E-state index contributed by atoms with van der Waals surface area (Å²) in [5, 5.41) is 5.35. The van der Waals surface area contributed by atoms with Crippen molar-refractivity contribution >= 4 is 36.2 Å². The number of nitrogens with zero attached hydrogens (tertiary/aromatic N) is 1. The van der Waals surface area contributed by atoms with Crippen LogP contribution < -0.4 is 15.8 Å². The van der Waals surface area contributed by atoms with Gasteiger partial charge in [-0.1, -0.05) is 0 Å². The van der Waals surface area contributed by atoms with Gasteiger partial charge in [-0.2, -0.15) is 0 Å². The van der Waals surface area contributed by atoms with E-state index < -0.39 is 5.41 Å². The third-order valence-corrected chi connectivity index (χ3v) is 7.12. The number of thioether (sulfide) groups is 1. The molecule has 0 saturated carbocycles. The van der Waals surface area contributed by atoms with E-state index in [9.17, 15) is 0 Å². The third-order valence-electron chi connectivity index (χ3n) is 6.34. The van der Waals surface area contributed by atoms with E-state index in [1.54, 1.807) is 13.3 Å². The first kappa shape index (κ1) is 26.4. The number of ether oxygens (including phenoxy) is 1. The molecule has 0 fully saturated rings. The topological polar surface area (TPSA) is 60.2 Å². The Morgan fingerprint density at radius 2 is 1.86 bits per heavy atom. The number of aromatic nitrogens is 1. The first-order valence-corrected chi connectivity index (χ1v) is 12.4. The second-order valence-corrected chi connectivity index (χ2v) is 10.2. The van der Waals surface area contributed by atoms with Crippen molar-refractivity contribution in [3.05, 3.63) is 95.0 Å². The Labute approximate surface area is 214 Å². The minimum absolute atomic E-state index is 0.249. The number of anilines is 1. The molecule has 3 N–H and O–H groups in total. The Kier molecular flexibility index (Phi) is 8.63. The Morgan fingerprint density at radius 3 is 2.49 bits per heavy atom. The monoisotopic (exact) mass is 482 g/mol. The second-order valence-electron chi connectivity index (χ2n) is 9.06. The van der Waals surface area contributed by atoms with Crippen LogP contribution >= 0.6 is 11.8 Å². The van der Waals surface area contributed by atoms with Gasteiger partial charge in [0.25, 0.3) is 0 Å². The molecular formula is C29H33BN3OS. The van der Waals surface area contributed by atoms with Gasteiger partial charge in [0, 0.05) is 0 Å². The molecule has 3 aromatic rings. The van der Waals surface area contributed by atoms with Gasteiger partial charge in [-0.25, -0.2) is 0 Å². The number of hydrogen-bond donors (Lipinski definition) is 2. The van der Waals surface area contributed by atoms with Crippen LogP contribution in [0.2, 0.25) is 0 Å². The normalized spacial score (nSPS) is 13.2. The minimum atomic E-state index is -0.404. The maximum absolute atomic E-state index is 6.75. The van der Waals surface area contributed by atoms with Crippen molar-refractivity contribution in [2.45, 2.75) is 33.1 Å². The molecule has 1 heterocycles. The van der Waals surface area contributed by atoms with Gasteiger partial charge in [-0.05, 0) is 0 Å². The van der Waals surface area contributed by atoms with Crippen LogP contribution in [-0.4, -0.2) is 25.2 Å². The summed E-state index contributed by atoms with van der Waals surface area (Å²) in [6.45, 7) is 12.4. The van der Waals surface area contributed by atoms with Gasteiger partial charge in [0.15, 0.2) is 0 Å². The average molecular weight is 482 g/mol. The summed E-state index contributed by atoms with van der Waals surface area (Å²) in [5.41, 5.74) is 12.3. The summed E-state index contributed by atoms with van der Waals surface area (Å²) in [5.74, 6) is 0.982. The van der Waals surface area contributed by atoms with E-state index in [2.05, 4.69) is 61.9 Å². The SMILES string of the molecule is [B]=C(Nc1cccc(/C(N)=C/SC(=C)C)c1)C(C)(c1ccc(-c2cncc(OC)c2)cc1)C(C)C. The van der Waals surface area contributed by atoms with Crippen molar-refractivity contribution in [3.8, 4) is 16.9 Å². The fourth-order valence-electron chi connectivity index (χ4n) is 3.79. The van der Waals surface area contributed by atoms with Gasteiger partial charge >= 0.3 is 215 Å². The van der Waals surface area contributed by atoms with Crippen molar-refractivity contribution in [1.29, 1.82) is 0 Å². The molecule has 0 aliphatic heterocycles. The molecule has 1 aromatic heterocycles. The maximum atomic E-state index is 6.75. The number of allylic oxidation sites excluding steroid dienone is 1. The van der Waals surface area contributed by atoms with Gasteiger partial charge in [0.2, 0.25) is 0 Å². The van der Waals surface area contributed by atoms with Gasteiger partial charge in [0.05, 0.1) is 0 Å².